The second-order valence-corrected chi connectivity index (χ2v) is 3.82. The molecule has 0 spiro atoms. The van der Waals surface area contributed by atoms with E-state index in [0.717, 1.165) is 37.8 Å². The van der Waals surface area contributed by atoms with Crippen molar-refractivity contribution < 1.29 is 13.5 Å². The Balaban J connectivity index is 2.19. The molecule has 1 saturated carbocycles. The minimum absolute atomic E-state index is 0.0495. The Hall–Kier alpha value is -1.32. The lowest BCUT2D eigenvalue weighted by Gasteiger charge is -2.15. The van der Waals surface area contributed by atoms with E-state index >= 15 is 0 Å². The van der Waals surface area contributed by atoms with Gasteiger partial charge in [-0.3, -0.25) is 0 Å². The average molecular weight is 213 g/mol. The number of hydrogen-bond acceptors (Lipinski definition) is 2. The van der Waals surface area contributed by atoms with Gasteiger partial charge in [-0.05, 0) is 25.7 Å². The molecule has 0 heterocycles. The van der Waals surface area contributed by atoms with E-state index in [1.54, 1.807) is 0 Å². The molecular weight excluding hydrogens is 200 g/mol. The van der Waals surface area contributed by atoms with Crippen molar-refractivity contribution in [2.45, 2.75) is 31.8 Å². The summed E-state index contributed by atoms with van der Waals surface area (Å²) in [7, 11) is 0. The minimum Gasteiger partial charge on any atom is -0.488 e. The van der Waals surface area contributed by atoms with E-state index in [1.807, 2.05) is 0 Å². The van der Waals surface area contributed by atoms with Crippen LogP contribution in [-0.4, -0.2) is 6.10 Å². The minimum atomic E-state index is -0.761. The smallest absolute Gasteiger partial charge is 0.152 e. The fraction of sp³-hybridized carbons (Fsp3) is 0.455. The molecule has 0 atom stereocenters. The monoisotopic (exact) mass is 213 g/mol. The van der Waals surface area contributed by atoms with Crippen LogP contribution in [-0.2, 0) is 0 Å². The van der Waals surface area contributed by atoms with Gasteiger partial charge >= 0.3 is 0 Å². The molecule has 1 aromatic carbocycles. The fourth-order valence-electron chi connectivity index (χ4n) is 1.84. The number of anilines is 1. The van der Waals surface area contributed by atoms with Crippen LogP contribution in [0.1, 0.15) is 25.7 Å². The first kappa shape index (κ1) is 10.2. The quantitative estimate of drug-likeness (QED) is 0.766. The number of nitrogens with two attached hydrogens (primary N) is 1. The molecule has 82 valence electrons. The van der Waals surface area contributed by atoms with E-state index in [9.17, 15) is 8.78 Å². The zero-order chi connectivity index (χ0) is 10.8. The molecule has 0 unspecified atom stereocenters. The van der Waals surface area contributed by atoms with Crippen molar-refractivity contribution in [1.82, 2.24) is 0 Å². The molecular formula is C11H13F2NO. The van der Waals surface area contributed by atoms with Gasteiger partial charge in [0.25, 0.3) is 0 Å². The van der Waals surface area contributed by atoms with Gasteiger partial charge in [0.1, 0.15) is 17.3 Å². The topological polar surface area (TPSA) is 35.2 Å². The van der Waals surface area contributed by atoms with Gasteiger partial charge in [0, 0.05) is 12.1 Å². The molecule has 1 aromatic rings. The summed E-state index contributed by atoms with van der Waals surface area (Å²) in [6.07, 6.45) is 4.10. The van der Waals surface area contributed by atoms with Gasteiger partial charge < -0.3 is 10.5 Å². The molecule has 2 rings (SSSR count). The Kier molecular flexibility index (Phi) is 2.75. The number of benzene rings is 1. The Morgan fingerprint density at radius 1 is 1.20 bits per heavy atom. The second kappa shape index (κ2) is 4.04. The molecule has 15 heavy (non-hydrogen) atoms. The summed E-state index contributed by atoms with van der Waals surface area (Å²) in [5.41, 5.74) is 5.35. The average Bonchev–Trinajstić information content (AvgIpc) is 2.66. The van der Waals surface area contributed by atoms with Crippen LogP contribution in [0.3, 0.4) is 0 Å². The van der Waals surface area contributed by atoms with Crippen LogP contribution in [0.2, 0.25) is 0 Å². The zero-order valence-electron chi connectivity index (χ0n) is 8.30. The van der Waals surface area contributed by atoms with Crippen LogP contribution in [0.25, 0.3) is 0 Å². The maximum absolute atomic E-state index is 13.1. The molecule has 0 aromatic heterocycles. The van der Waals surface area contributed by atoms with Crippen molar-refractivity contribution in [2.75, 3.05) is 5.73 Å². The van der Waals surface area contributed by atoms with Gasteiger partial charge in [0.2, 0.25) is 0 Å². The maximum Gasteiger partial charge on any atom is 0.152 e. The standard InChI is InChI=1S/C11H13F2NO/c12-7-5-9(13)11(14)10(6-7)15-8-3-1-2-4-8/h5-6,8H,1-4,14H2. The van der Waals surface area contributed by atoms with Crippen LogP contribution in [0, 0.1) is 11.6 Å². The first-order chi connectivity index (χ1) is 7.16. The second-order valence-electron chi connectivity index (χ2n) is 3.82. The van der Waals surface area contributed by atoms with Crippen molar-refractivity contribution in [3.63, 3.8) is 0 Å². The Labute approximate surface area is 87.0 Å². The highest BCUT2D eigenvalue weighted by molar-refractivity contribution is 5.53. The highest BCUT2D eigenvalue weighted by Gasteiger charge is 2.19. The predicted octanol–water partition coefficient (Wildman–Crippen LogP) is 2.87. The summed E-state index contributed by atoms with van der Waals surface area (Å²) in [5, 5.41) is 0. The molecule has 0 amide bonds. The van der Waals surface area contributed by atoms with Crippen LogP contribution in [0.15, 0.2) is 12.1 Å². The van der Waals surface area contributed by atoms with Crippen LogP contribution in [0.4, 0.5) is 14.5 Å². The first-order valence-electron chi connectivity index (χ1n) is 5.08. The number of halogens is 2. The summed E-state index contributed by atoms with van der Waals surface area (Å²) >= 11 is 0. The van der Waals surface area contributed by atoms with Crippen LogP contribution in [0.5, 0.6) is 5.75 Å². The van der Waals surface area contributed by atoms with Crippen molar-refractivity contribution in [2.24, 2.45) is 0 Å². The fourth-order valence-corrected chi connectivity index (χ4v) is 1.84. The predicted molar refractivity (Wildman–Crippen MR) is 53.7 cm³/mol. The molecule has 2 nitrogen and oxygen atoms in total. The third-order valence-corrected chi connectivity index (χ3v) is 2.65. The zero-order valence-corrected chi connectivity index (χ0v) is 8.30. The number of ether oxygens (including phenoxy) is 1. The Morgan fingerprint density at radius 2 is 1.87 bits per heavy atom. The molecule has 1 aliphatic rings. The molecule has 4 heteroatoms. The summed E-state index contributed by atoms with van der Waals surface area (Å²) in [4.78, 5) is 0. The maximum atomic E-state index is 13.1. The van der Waals surface area contributed by atoms with Crippen molar-refractivity contribution in [3.8, 4) is 5.75 Å². The molecule has 0 aliphatic heterocycles. The largest absolute Gasteiger partial charge is 0.488 e. The summed E-state index contributed by atoms with van der Waals surface area (Å²) < 4.78 is 31.4. The van der Waals surface area contributed by atoms with Crippen molar-refractivity contribution in [3.05, 3.63) is 23.8 Å². The number of rotatable bonds is 2. The van der Waals surface area contributed by atoms with E-state index in [2.05, 4.69) is 0 Å². The molecule has 0 radical (unpaired) electrons. The number of hydrogen-bond donors (Lipinski definition) is 1. The van der Waals surface area contributed by atoms with Gasteiger partial charge in [-0.15, -0.1) is 0 Å². The van der Waals surface area contributed by atoms with Crippen LogP contribution >= 0.6 is 0 Å². The van der Waals surface area contributed by atoms with E-state index in [-0.39, 0.29) is 17.5 Å². The SMILES string of the molecule is Nc1c(F)cc(F)cc1OC1CCCC1. The first-order valence-corrected chi connectivity index (χ1v) is 5.08. The van der Waals surface area contributed by atoms with E-state index in [1.165, 1.54) is 0 Å². The Bertz CT molecular complexity index is 362. The van der Waals surface area contributed by atoms with Gasteiger partial charge in [-0.1, -0.05) is 0 Å². The van der Waals surface area contributed by atoms with E-state index < -0.39 is 11.6 Å². The lowest BCUT2D eigenvalue weighted by atomic mass is 10.2. The summed E-state index contributed by atoms with van der Waals surface area (Å²) in [6, 6.07) is 1.90. The third-order valence-electron chi connectivity index (χ3n) is 2.65. The molecule has 0 bridgehead atoms. The lowest BCUT2D eigenvalue weighted by molar-refractivity contribution is 0.209. The summed E-state index contributed by atoms with van der Waals surface area (Å²) in [6.45, 7) is 0. The highest BCUT2D eigenvalue weighted by atomic mass is 19.1. The van der Waals surface area contributed by atoms with Gasteiger partial charge in [-0.25, -0.2) is 8.78 Å². The molecule has 0 saturated heterocycles. The normalized spacial score (nSPS) is 16.9. The lowest BCUT2D eigenvalue weighted by Crippen LogP contribution is -2.12. The van der Waals surface area contributed by atoms with E-state index in [4.69, 9.17) is 10.5 Å². The van der Waals surface area contributed by atoms with Crippen molar-refractivity contribution in [1.29, 1.82) is 0 Å². The summed E-state index contributed by atoms with van der Waals surface area (Å²) in [5.74, 6) is -1.29. The van der Waals surface area contributed by atoms with E-state index in [0.29, 0.717) is 0 Å². The van der Waals surface area contributed by atoms with Gasteiger partial charge in [0.15, 0.2) is 5.82 Å². The molecule has 2 N–H and O–H groups in total. The molecule has 1 aliphatic carbocycles. The van der Waals surface area contributed by atoms with Gasteiger partial charge in [-0.2, -0.15) is 0 Å². The number of nitrogen functional groups attached to an aromatic ring is 1. The Morgan fingerprint density at radius 3 is 2.53 bits per heavy atom. The van der Waals surface area contributed by atoms with Gasteiger partial charge in [0.05, 0.1) is 6.10 Å². The third kappa shape index (κ3) is 2.19. The highest BCUT2D eigenvalue weighted by Crippen LogP contribution is 2.30. The van der Waals surface area contributed by atoms with Crippen molar-refractivity contribution >= 4 is 5.69 Å². The van der Waals surface area contributed by atoms with Crippen LogP contribution < -0.4 is 10.5 Å². The molecule has 1 fully saturated rings.